The molecule has 0 radical (unpaired) electrons. The van der Waals surface area contributed by atoms with E-state index >= 15 is 0 Å². The molecule has 0 bridgehead atoms. The highest BCUT2D eigenvalue weighted by Crippen LogP contribution is 2.34. The summed E-state index contributed by atoms with van der Waals surface area (Å²) in [6, 6.07) is 15.9. The second-order valence-electron chi connectivity index (χ2n) is 7.25. The van der Waals surface area contributed by atoms with Gasteiger partial charge in [-0.05, 0) is 55.5 Å². The Hall–Kier alpha value is -3.78. The van der Waals surface area contributed by atoms with E-state index in [1.54, 1.807) is 23.6 Å². The fourth-order valence-corrected chi connectivity index (χ4v) is 3.87. The number of anilines is 1. The van der Waals surface area contributed by atoms with Crippen LogP contribution in [0.3, 0.4) is 0 Å². The number of halogens is 2. The molecule has 1 amide bonds. The summed E-state index contributed by atoms with van der Waals surface area (Å²) in [5.74, 6) is -0.608. The summed E-state index contributed by atoms with van der Waals surface area (Å²) in [6.07, 6.45) is 0. The number of aromatic nitrogens is 1. The van der Waals surface area contributed by atoms with Gasteiger partial charge in [-0.1, -0.05) is 17.7 Å². The van der Waals surface area contributed by atoms with Crippen molar-refractivity contribution in [1.29, 1.82) is 0 Å². The van der Waals surface area contributed by atoms with Crippen LogP contribution in [0.4, 0.5) is 14.5 Å². The van der Waals surface area contributed by atoms with Gasteiger partial charge < -0.3 is 14.8 Å². The van der Waals surface area contributed by atoms with Gasteiger partial charge in [-0.15, -0.1) is 11.3 Å². The largest absolute Gasteiger partial charge is 0.493 e. The number of aryl methyl sites for hydroxylation is 1. The van der Waals surface area contributed by atoms with Crippen molar-refractivity contribution in [3.8, 4) is 22.1 Å². The summed E-state index contributed by atoms with van der Waals surface area (Å²) in [5, 5.41) is 5.14. The van der Waals surface area contributed by atoms with Gasteiger partial charge in [0.25, 0.3) is 5.91 Å². The monoisotopic (exact) mass is 466 g/mol. The van der Waals surface area contributed by atoms with E-state index in [0.717, 1.165) is 29.3 Å². The number of benzene rings is 3. The second kappa shape index (κ2) is 9.79. The third-order valence-electron chi connectivity index (χ3n) is 4.85. The van der Waals surface area contributed by atoms with Gasteiger partial charge in [-0.2, -0.15) is 0 Å². The molecule has 0 atom stereocenters. The molecule has 0 saturated heterocycles. The first-order valence-electron chi connectivity index (χ1n) is 10.0. The maximum Gasteiger partial charge on any atom is 0.275 e. The molecule has 4 aromatic rings. The Morgan fingerprint density at radius 2 is 1.82 bits per heavy atom. The van der Waals surface area contributed by atoms with E-state index < -0.39 is 11.6 Å². The molecule has 5 nitrogen and oxygen atoms in total. The van der Waals surface area contributed by atoms with Gasteiger partial charge in [0.05, 0.1) is 7.11 Å². The lowest BCUT2D eigenvalue weighted by Crippen LogP contribution is -2.12. The topological polar surface area (TPSA) is 60.5 Å². The fraction of sp³-hybridized carbons (Fsp3) is 0.120. The van der Waals surface area contributed by atoms with E-state index in [9.17, 15) is 13.6 Å². The molecule has 33 heavy (non-hydrogen) atoms. The van der Waals surface area contributed by atoms with Gasteiger partial charge in [0.1, 0.15) is 28.9 Å². The molecule has 0 aliphatic heterocycles. The lowest BCUT2D eigenvalue weighted by molar-refractivity contribution is 0.102. The van der Waals surface area contributed by atoms with Crippen molar-refractivity contribution < 1.29 is 23.0 Å². The first-order chi connectivity index (χ1) is 15.9. The summed E-state index contributed by atoms with van der Waals surface area (Å²) < 4.78 is 38.3. The molecule has 8 heteroatoms. The molecule has 0 saturated carbocycles. The van der Waals surface area contributed by atoms with Crippen LogP contribution in [-0.2, 0) is 6.61 Å². The highest BCUT2D eigenvalue weighted by Gasteiger charge is 2.15. The maximum atomic E-state index is 13.8. The van der Waals surface area contributed by atoms with Crippen molar-refractivity contribution in [2.24, 2.45) is 0 Å². The minimum atomic E-state index is -0.550. The third-order valence-corrected chi connectivity index (χ3v) is 5.74. The molecule has 168 valence electrons. The Balaban J connectivity index is 1.48. The molecule has 0 aliphatic rings. The Morgan fingerprint density at radius 1 is 1.03 bits per heavy atom. The lowest BCUT2D eigenvalue weighted by Gasteiger charge is -2.12. The smallest absolute Gasteiger partial charge is 0.275 e. The van der Waals surface area contributed by atoms with Crippen LogP contribution < -0.4 is 14.8 Å². The first kappa shape index (κ1) is 22.4. The summed E-state index contributed by atoms with van der Waals surface area (Å²) in [5.41, 5.74) is 2.93. The molecule has 4 rings (SSSR count). The van der Waals surface area contributed by atoms with Crippen LogP contribution in [0, 0.1) is 18.6 Å². The predicted molar refractivity (Wildman–Crippen MR) is 124 cm³/mol. The Bertz CT molecular complexity index is 1290. The number of methoxy groups -OCH3 is 1. The highest BCUT2D eigenvalue weighted by molar-refractivity contribution is 7.13. The molecule has 1 heterocycles. The average molecular weight is 467 g/mol. The standard InChI is InChI=1S/C25H20F2N2O3S/c1-15-3-7-19(8-4-15)28-24(30)21-14-33-25(29-21)16-5-10-22(23(12-16)31-2)32-13-17-11-18(26)6-9-20(17)27/h3-12,14H,13H2,1-2H3,(H,28,30). The molecule has 1 N–H and O–H groups in total. The van der Waals surface area contributed by atoms with Crippen molar-refractivity contribution in [2.45, 2.75) is 13.5 Å². The van der Waals surface area contributed by atoms with Gasteiger partial charge in [-0.25, -0.2) is 13.8 Å². The van der Waals surface area contributed by atoms with Crippen molar-refractivity contribution in [1.82, 2.24) is 4.98 Å². The summed E-state index contributed by atoms with van der Waals surface area (Å²) in [7, 11) is 1.48. The van der Waals surface area contributed by atoms with E-state index in [-0.39, 0.29) is 18.1 Å². The van der Waals surface area contributed by atoms with Crippen molar-refractivity contribution in [3.63, 3.8) is 0 Å². The lowest BCUT2D eigenvalue weighted by atomic mass is 10.2. The zero-order valence-corrected chi connectivity index (χ0v) is 18.7. The molecule has 0 aliphatic carbocycles. The zero-order valence-electron chi connectivity index (χ0n) is 17.9. The number of rotatable bonds is 7. The fourth-order valence-electron chi connectivity index (χ4n) is 3.07. The number of carbonyl (C=O) groups excluding carboxylic acids is 1. The normalized spacial score (nSPS) is 10.7. The summed E-state index contributed by atoms with van der Waals surface area (Å²) in [6.45, 7) is 1.82. The predicted octanol–water partition coefficient (Wildman–Crippen LogP) is 6.24. The summed E-state index contributed by atoms with van der Waals surface area (Å²) >= 11 is 1.32. The number of hydrogen-bond donors (Lipinski definition) is 1. The number of hydrogen-bond acceptors (Lipinski definition) is 5. The van der Waals surface area contributed by atoms with E-state index in [1.165, 1.54) is 18.4 Å². The van der Waals surface area contributed by atoms with Crippen molar-refractivity contribution in [3.05, 3.63) is 94.5 Å². The second-order valence-corrected chi connectivity index (χ2v) is 8.11. The van der Waals surface area contributed by atoms with Gasteiger partial charge in [0.2, 0.25) is 0 Å². The van der Waals surface area contributed by atoms with E-state index in [0.29, 0.717) is 27.9 Å². The molecule has 1 aromatic heterocycles. The number of nitrogens with one attached hydrogen (secondary N) is 1. The van der Waals surface area contributed by atoms with Crippen LogP contribution in [0.5, 0.6) is 11.5 Å². The summed E-state index contributed by atoms with van der Waals surface area (Å²) in [4.78, 5) is 17.0. The van der Waals surface area contributed by atoms with Crippen LogP contribution in [0.25, 0.3) is 10.6 Å². The van der Waals surface area contributed by atoms with Crippen LogP contribution in [0.2, 0.25) is 0 Å². The molecule has 3 aromatic carbocycles. The van der Waals surface area contributed by atoms with Crippen LogP contribution in [0.1, 0.15) is 21.6 Å². The number of nitrogens with zero attached hydrogens (tertiary/aromatic N) is 1. The SMILES string of the molecule is COc1cc(-c2nc(C(=O)Nc3ccc(C)cc3)cs2)ccc1OCc1cc(F)ccc1F. The van der Waals surface area contributed by atoms with E-state index in [4.69, 9.17) is 9.47 Å². The number of thiazole rings is 1. The molecular formula is C25H20F2N2O3S. The van der Waals surface area contributed by atoms with Gasteiger partial charge in [-0.3, -0.25) is 4.79 Å². The number of amides is 1. The number of carbonyl (C=O) groups is 1. The van der Waals surface area contributed by atoms with Crippen LogP contribution >= 0.6 is 11.3 Å². The molecule has 0 spiro atoms. The third kappa shape index (κ3) is 5.35. The maximum absolute atomic E-state index is 13.8. The highest BCUT2D eigenvalue weighted by atomic mass is 32.1. The molecule has 0 fully saturated rings. The van der Waals surface area contributed by atoms with Crippen molar-refractivity contribution in [2.75, 3.05) is 12.4 Å². The average Bonchev–Trinajstić information content (AvgIpc) is 3.31. The molecular weight excluding hydrogens is 446 g/mol. The Labute approximate surface area is 193 Å². The van der Waals surface area contributed by atoms with Crippen molar-refractivity contribution >= 4 is 22.9 Å². The van der Waals surface area contributed by atoms with Gasteiger partial charge in [0.15, 0.2) is 11.5 Å². The van der Waals surface area contributed by atoms with Crippen LogP contribution in [-0.4, -0.2) is 18.0 Å². The Morgan fingerprint density at radius 3 is 2.58 bits per heavy atom. The number of ether oxygens (including phenoxy) is 2. The first-order valence-corrected chi connectivity index (χ1v) is 10.9. The zero-order chi connectivity index (χ0) is 23.4. The van der Waals surface area contributed by atoms with Crippen LogP contribution in [0.15, 0.2) is 66.0 Å². The van der Waals surface area contributed by atoms with Gasteiger partial charge >= 0.3 is 0 Å². The quantitative estimate of drug-likeness (QED) is 0.350. The molecule has 0 unspecified atom stereocenters. The van der Waals surface area contributed by atoms with E-state index in [1.807, 2.05) is 31.2 Å². The van der Waals surface area contributed by atoms with Gasteiger partial charge in [0, 0.05) is 22.2 Å². The van der Waals surface area contributed by atoms with E-state index in [2.05, 4.69) is 10.3 Å². The minimum absolute atomic E-state index is 0.102. The Kier molecular flexibility index (Phi) is 6.65. The minimum Gasteiger partial charge on any atom is -0.493 e.